The normalized spacial score (nSPS) is 16.3. The number of nitrogens with zero attached hydrogens (tertiary/aromatic N) is 1. The van der Waals surface area contributed by atoms with E-state index in [4.69, 9.17) is 11.6 Å². The minimum Gasteiger partial charge on any atom is -0.336 e. The number of carbonyl (C=O) groups excluding carboxylic acids is 2. The first-order chi connectivity index (χ1) is 9.09. The molecular formula is C13H15ClN2O2S. The van der Waals surface area contributed by atoms with Gasteiger partial charge in [-0.1, -0.05) is 29.8 Å². The molecule has 0 spiro atoms. The summed E-state index contributed by atoms with van der Waals surface area (Å²) >= 11 is 7.60. The van der Waals surface area contributed by atoms with Crippen molar-refractivity contribution in [2.24, 2.45) is 0 Å². The highest BCUT2D eigenvalue weighted by molar-refractivity contribution is 8.00. The third kappa shape index (κ3) is 3.42. The summed E-state index contributed by atoms with van der Waals surface area (Å²) in [4.78, 5) is 24.5. The van der Waals surface area contributed by atoms with Crippen LogP contribution in [0.5, 0.6) is 0 Å². The quantitative estimate of drug-likeness (QED) is 0.930. The van der Waals surface area contributed by atoms with Crippen molar-refractivity contribution >= 4 is 35.3 Å². The van der Waals surface area contributed by atoms with Crippen molar-refractivity contribution in [2.45, 2.75) is 12.2 Å². The van der Waals surface area contributed by atoms with Crippen LogP contribution in [0.15, 0.2) is 24.3 Å². The van der Waals surface area contributed by atoms with Crippen molar-refractivity contribution < 1.29 is 9.59 Å². The predicted octanol–water partition coefficient (Wildman–Crippen LogP) is 2.69. The van der Waals surface area contributed by atoms with Crippen LogP contribution < -0.4 is 5.32 Å². The predicted molar refractivity (Wildman–Crippen MR) is 77.4 cm³/mol. The van der Waals surface area contributed by atoms with Gasteiger partial charge in [0.15, 0.2) is 0 Å². The summed E-state index contributed by atoms with van der Waals surface area (Å²) in [6.07, 6.45) is 0. The van der Waals surface area contributed by atoms with Crippen LogP contribution in [-0.4, -0.2) is 35.7 Å². The van der Waals surface area contributed by atoms with Crippen LogP contribution in [0, 0.1) is 0 Å². The van der Waals surface area contributed by atoms with Gasteiger partial charge in [0.05, 0.1) is 5.75 Å². The van der Waals surface area contributed by atoms with Crippen LogP contribution in [0.1, 0.15) is 17.7 Å². The van der Waals surface area contributed by atoms with Gasteiger partial charge in [0.1, 0.15) is 0 Å². The maximum atomic E-state index is 11.9. The third-order valence-electron chi connectivity index (χ3n) is 2.96. The second-order valence-electron chi connectivity index (χ2n) is 4.25. The topological polar surface area (TPSA) is 49.4 Å². The van der Waals surface area contributed by atoms with Gasteiger partial charge in [-0.2, -0.15) is 0 Å². The summed E-state index contributed by atoms with van der Waals surface area (Å²) in [5.41, 5.74) is 1.01. The molecule has 6 heteroatoms. The number of carbonyl (C=O) groups is 2. The summed E-state index contributed by atoms with van der Waals surface area (Å²) in [6, 6.07) is 7.30. The molecular weight excluding hydrogens is 284 g/mol. The molecule has 1 saturated heterocycles. The smallest absolute Gasteiger partial charge is 0.324 e. The number of benzene rings is 1. The first kappa shape index (κ1) is 14.2. The van der Waals surface area contributed by atoms with E-state index in [1.54, 1.807) is 0 Å². The molecule has 0 aliphatic carbocycles. The van der Waals surface area contributed by atoms with E-state index in [1.807, 2.05) is 31.2 Å². The number of amides is 3. The highest BCUT2D eigenvalue weighted by Crippen LogP contribution is 2.32. The minimum atomic E-state index is -0.295. The SMILES string of the molecule is CC(SCC(=O)N1CCNC1=O)c1ccccc1Cl. The zero-order chi connectivity index (χ0) is 13.8. The fraction of sp³-hybridized carbons (Fsp3) is 0.385. The lowest BCUT2D eigenvalue weighted by molar-refractivity contribution is -0.124. The monoisotopic (exact) mass is 298 g/mol. The van der Waals surface area contributed by atoms with Gasteiger partial charge in [0.2, 0.25) is 5.91 Å². The number of nitrogens with one attached hydrogen (secondary N) is 1. The van der Waals surface area contributed by atoms with Gasteiger partial charge >= 0.3 is 6.03 Å². The van der Waals surface area contributed by atoms with Crippen LogP contribution in [0.25, 0.3) is 0 Å². The standard InChI is InChI=1S/C13H15ClN2O2S/c1-9(10-4-2-3-5-11(10)14)19-8-12(17)16-7-6-15-13(16)18/h2-5,9H,6-8H2,1H3,(H,15,18). The fourth-order valence-electron chi connectivity index (χ4n) is 1.88. The Balaban J connectivity index is 1.90. The molecule has 4 nitrogen and oxygen atoms in total. The van der Waals surface area contributed by atoms with Crippen LogP contribution in [0.2, 0.25) is 5.02 Å². The van der Waals surface area contributed by atoms with Crippen molar-refractivity contribution in [3.8, 4) is 0 Å². The third-order valence-corrected chi connectivity index (χ3v) is 4.47. The second kappa shape index (κ2) is 6.30. The van der Waals surface area contributed by atoms with Crippen molar-refractivity contribution in [3.63, 3.8) is 0 Å². The van der Waals surface area contributed by atoms with E-state index in [0.717, 1.165) is 5.56 Å². The van der Waals surface area contributed by atoms with E-state index in [0.29, 0.717) is 18.1 Å². The highest BCUT2D eigenvalue weighted by atomic mass is 35.5. The Labute approximate surface area is 121 Å². The Morgan fingerprint density at radius 1 is 1.53 bits per heavy atom. The Bertz CT molecular complexity index is 495. The molecule has 0 bridgehead atoms. The molecule has 1 N–H and O–H groups in total. The lowest BCUT2D eigenvalue weighted by atomic mass is 10.2. The molecule has 102 valence electrons. The number of hydrogen-bond acceptors (Lipinski definition) is 3. The van der Waals surface area contributed by atoms with E-state index >= 15 is 0 Å². The zero-order valence-corrected chi connectivity index (χ0v) is 12.1. The van der Waals surface area contributed by atoms with Gasteiger partial charge in [0, 0.05) is 23.4 Å². The van der Waals surface area contributed by atoms with Crippen LogP contribution in [-0.2, 0) is 4.79 Å². The van der Waals surface area contributed by atoms with Gasteiger partial charge in [-0.25, -0.2) is 4.79 Å². The summed E-state index contributed by atoms with van der Waals surface area (Å²) < 4.78 is 0. The van der Waals surface area contributed by atoms with Gasteiger partial charge in [-0.05, 0) is 18.6 Å². The number of rotatable bonds is 4. The average molecular weight is 299 g/mol. The first-order valence-electron chi connectivity index (χ1n) is 6.04. The number of urea groups is 1. The molecule has 1 fully saturated rings. The fourth-order valence-corrected chi connectivity index (χ4v) is 3.18. The zero-order valence-electron chi connectivity index (χ0n) is 10.6. The van der Waals surface area contributed by atoms with Crippen molar-refractivity contribution in [3.05, 3.63) is 34.9 Å². The highest BCUT2D eigenvalue weighted by Gasteiger charge is 2.26. The van der Waals surface area contributed by atoms with Gasteiger partial charge in [-0.3, -0.25) is 9.69 Å². The second-order valence-corrected chi connectivity index (χ2v) is 5.99. The minimum absolute atomic E-state index is 0.114. The van der Waals surface area contributed by atoms with Crippen LogP contribution >= 0.6 is 23.4 Å². The largest absolute Gasteiger partial charge is 0.336 e. The number of imide groups is 1. The molecule has 1 atom stereocenters. The lowest BCUT2D eigenvalue weighted by Crippen LogP contribution is -2.35. The molecule has 0 aromatic heterocycles. The Hall–Kier alpha value is -1.20. The molecule has 1 heterocycles. The molecule has 0 radical (unpaired) electrons. The summed E-state index contributed by atoms with van der Waals surface area (Å²) in [7, 11) is 0. The van der Waals surface area contributed by atoms with E-state index in [-0.39, 0.29) is 22.9 Å². The van der Waals surface area contributed by atoms with E-state index in [2.05, 4.69) is 5.32 Å². The summed E-state index contributed by atoms with van der Waals surface area (Å²) in [5.74, 6) is 0.124. The van der Waals surface area contributed by atoms with Gasteiger partial charge in [-0.15, -0.1) is 11.8 Å². The van der Waals surface area contributed by atoms with E-state index in [9.17, 15) is 9.59 Å². The molecule has 2 rings (SSSR count). The molecule has 1 aromatic rings. The maximum Gasteiger partial charge on any atom is 0.324 e. The molecule has 1 unspecified atom stereocenters. The van der Waals surface area contributed by atoms with E-state index in [1.165, 1.54) is 16.7 Å². The first-order valence-corrected chi connectivity index (χ1v) is 7.46. The van der Waals surface area contributed by atoms with Gasteiger partial charge < -0.3 is 5.32 Å². The lowest BCUT2D eigenvalue weighted by Gasteiger charge is -2.15. The van der Waals surface area contributed by atoms with Crippen molar-refractivity contribution in [1.29, 1.82) is 0 Å². The molecule has 0 saturated carbocycles. The Morgan fingerprint density at radius 3 is 2.89 bits per heavy atom. The maximum absolute atomic E-state index is 11.9. The average Bonchev–Trinajstić information content (AvgIpc) is 2.82. The molecule has 1 aliphatic rings. The van der Waals surface area contributed by atoms with Crippen molar-refractivity contribution in [2.75, 3.05) is 18.8 Å². The van der Waals surface area contributed by atoms with Crippen LogP contribution in [0.3, 0.4) is 0 Å². The Morgan fingerprint density at radius 2 is 2.26 bits per heavy atom. The van der Waals surface area contributed by atoms with E-state index < -0.39 is 0 Å². The number of halogens is 1. The summed E-state index contributed by atoms with van der Waals surface area (Å²) in [5, 5.41) is 3.43. The number of thioether (sulfide) groups is 1. The van der Waals surface area contributed by atoms with Gasteiger partial charge in [0.25, 0.3) is 0 Å². The summed E-state index contributed by atoms with van der Waals surface area (Å²) in [6.45, 7) is 3.00. The molecule has 1 aliphatic heterocycles. The van der Waals surface area contributed by atoms with Crippen LogP contribution in [0.4, 0.5) is 4.79 Å². The number of hydrogen-bond donors (Lipinski definition) is 1. The molecule has 1 aromatic carbocycles. The molecule has 19 heavy (non-hydrogen) atoms. The Kier molecular flexibility index (Phi) is 4.71. The molecule has 3 amide bonds. The van der Waals surface area contributed by atoms with Crippen molar-refractivity contribution in [1.82, 2.24) is 10.2 Å².